The van der Waals surface area contributed by atoms with Crippen molar-refractivity contribution in [3.05, 3.63) is 0 Å². The van der Waals surface area contributed by atoms with Gasteiger partial charge < -0.3 is 0 Å². The number of ketones is 1. The first kappa shape index (κ1) is 14.1. The van der Waals surface area contributed by atoms with E-state index in [1.165, 1.54) is 56.7 Å². The minimum atomic E-state index is -0.165. The summed E-state index contributed by atoms with van der Waals surface area (Å²) >= 11 is 1.36. The van der Waals surface area contributed by atoms with Crippen molar-refractivity contribution >= 4 is 22.7 Å². The molecular weight excluding hydrogens is 244 g/mol. The molecule has 102 valence electrons. The molecule has 1 heterocycles. The van der Waals surface area contributed by atoms with Crippen LogP contribution in [0, 0.1) is 5.92 Å². The second-order valence-electron chi connectivity index (χ2n) is 5.72. The number of carbonyl (C=O) groups excluding carboxylic acids is 2. The zero-order valence-corrected chi connectivity index (χ0v) is 12.0. The Morgan fingerprint density at radius 1 is 0.778 bits per heavy atom. The maximum absolute atomic E-state index is 11.8. The van der Waals surface area contributed by atoms with E-state index in [-0.39, 0.29) is 10.9 Å². The lowest BCUT2D eigenvalue weighted by Crippen LogP contribution is -2.25. The van der Waals surface area contributed by atoms with E-state index in [1.807, 2.05) is 0 Å². The average Bonchev–Trinajstić information content (AvgIpc) is 2.30. The van der Waals surface area contributed by atoms with Crippen molar-refractivity contribution in [2.24, 2.45) is 5.92 Å². The summed E-state index contributed by atoms with van der Waals surface area (Å²) < 4.78 is 0. The quantitative estimate of drug-likeness (QED) is 0.671. The van der Waals surface area contributed by atoms with Crippen LogP contribution in [0.2, 0.25) is 0 Å². The van der Waals surface area contributed by atoms with Crippen molar-refractivity contribution in [1.82, 2.24) is 0 Å². The van der Waals surface area contributed by atoms with Crippen LogP contribution >= 0.6 is 11.8 Å². The lowest BCUT2D eigenvalue weighted by molar-refractivity contribution is -0.131. The first-order chi connectivity index (χ1) is 8.77. The Kier molecular flexibility index (Phi) is 5.74. The molecule has 1 aliphatic carbocycles. The third-order valence-corrected chi connectivity index (χ3v) is 5.67. The molecule has 2 rings (SSSR count). The lowest BCUT2D eigenvalue weighted by atomic mass is 9.87. The fourth-order valence-electron chi connectivity index (χ4n) is 3.19. The van der Waals surface area contributed by atoms with Crippen molar-refractivity contribution in [2.45, 2.75) is 75.9 Å². The van der Waals surface area contributed by atoms with E-state index in [4.69, 9.17) is 0 Å². The molecule has 0 aromatic carbocycles. The highest BCUT2D eigenvalue weighted by Crippen LogP contribution is 2.35. The Morgan fingerprint density at radius 2 is 1.39 bits per heavy atom. The SMILES string of the molecule is O=C1CCCCC(C2CCCCCCC2)SC1=O. The Hall–Kier alpha value is -0.310. The number of rotatable bonds is 1. The molecule has 3 heteroatoms. The second kappa shape index (κ2) is 7.32. The van der Waals surface area contributed by atoms with Gasteiger partial charge in [-0.3, -0.25) is 9.59 Å². The summed E-state index contributed by atoms with van der Waals surface area (Å²) in [7, 11) is 0. The molecule has 2 aliphatic rings. The highest BCUT2D eigenvalue weighted by molar-refractivity contribution is 8.15. The van der Waals surface area contributed by atoms with Gasteiger partial charge in [-0.05, 0) is 31.6 Å². The normalized spacial score (nSPS) is 29.2. The summed E-state index contributed by atoms with van der Waals surface area (Å²) in [5.74, 6) is 0.528. The molecule has 2 nitrogen and oxygen atoms in total. The van der Waals surface area contributed by atoms with Gasteiger partial charge in [-0.25, -0.2) is 0 Å². The molecule has 1 unspecified atom stereocenters. The van der Waals surface area contributed by atoms with Crippen LogP contribution in [0.1, 0.15) is 70.6 Å². The highest BCUT2D eigenvalue weighted by Gasteiger charge is 2.28. The smallest absolute Gasteiger partial charge is 0.255 e. The zero-order valence-electron chi connectivity index (χ0n) is 11.2. The summed E-state index contributed by atoms with van der Waals surface area (Å²) in [5, 5.41) is 0.251. The van der Waals surface area contributed by atoms with Crippen molar-refractivity contribution in [2.75, 3.05) is 0 Å². The van der Waals surface area contributed by atoms with E-state index in [0.717, 1.165) is 19.3 Å². The van der Waals surface area contributed by atoms with Crippen LogP contribution in [-0.2, 0) is 9.59 Å². The van der Waals surface area contributed by atoms with Crippen molar-refractivity contribution in [3.8, 4) is 0 Å². The molecule has 0 aromatic rings. The molecule has 0 spiro atoms. The molecular formula is C15H24O2S. The molecule has 2 fully saturated rings. The van der Waals surface area contributed by atoms with Gasteiger partial charge in [0.05, 0.1) is 0 Å². The number of hydrogen-bond acceptors (Lipinski definition) is 3. The van der Waals surface area contributed by atoms with E-state index in [2.05, 4.69) is 0 Å². The molecule has 0 bridgehead atoms. The van der Waals surface area contributed by atoms with Crippen molar-refractivity contribution in [1.29, 1.82) is 0 Å². The number of Topliss-reactive ketones (excluding diaryl/α,β-unsaturated/α-hetero) is 1. The van der Waals surface area contributed by atoms with Crippen molar-refractivity contribution in [3.63, 3.8) is 0 Å². The first-order valence-electron chi connectivity index (χ1n) is 7.51. The Labute approximate surface area is 114 Å². The molecule has 0 amide bonds. The summed E-state index contributed by atoms with van der Waals surface area (Å²) in [6.07, 6.45) is 12.9. The highest BCUT2D eigenvalue weighted by atomic mass is 32.2. The summed E-state index contributed by atoms with van der Waals surface area (Å²) in [6.45, 7) is 0. The van der Waals surface area contributed by atoms with Crippen LogP contribution in [0.25, 0.3) is 0 Å². The van der Waals surface area contributed by atoms with Gasteiger partial charge in [-0.15, -0.1) is 0 Å². The topological polar surface area (TPSA) is 34.1 Å². The number of thioether (sulfide) groups is 1. The van der Waals surface area contributed by atoms with E-state index >= 15 is 0 Å². The van der Waals surface area contributed by atoms with Gasteiger partial charge in [0.25, 0.3) is 5.12 Å². The number of hydrogen-bond donors (Lipinski definition) is 0. The fraction of sp³-hybridized carbons (Fsp3) is 0.867. The summed E-state index contributed by atoms with van der Waals surface area (Å²) in [4.78, 5) is 23.3. The predicted molar refractivity (Wildman–Crippen MR) is 75.7 cm³/mol. The standard InChI is InChI=1S/C15H24O2S/c16-13-10-6-7-11-14(18-15(13)17)12-8-4-2-1-3-5-9-12/h12,14H,1-11H2. The third kappa shape index (κ3) is 4.11. The Bertz CT molecular complexity index is 293. The molecule has 1 aliphatic heterocycles. The minimum absolute atomic E-state index is 0.143. The van der Waals surface area contributed by atoms with E-state index in [0.29, 0.717) is 17.6 Å². The average molecular weight is 268 g/mol. The monoisotopic (exact) mass is 268 g/mol. The molecule has 1 saturated heterocycles. The molecule has 1 saturated carbocycles. The van der Waals surface area contributed by atoms with Crippen LogP contribution in [0.5, 0.6) is 0 Å². The van der Waals surface area contributed by atoms with Crippen LogP contribution in [0.4, 0.5) is 0 Å². The lowest BCUT2D eigenvalue weighted by Gasteiger charge is -2.28. The fourth-order valence-corrected chi connectivity index (χ4v) is 4.44. The van der Waals surface area contributed by atoms with Gasteiger partial charge in [0.1, 0.15) is 0 Å². The maximum Gasteiger partial charge on any atom is 0.255 e. The first-order valence-corrected chi connectivity index (χ1v) is 8.39. The van der Waals surface area contributed by atoms with E-state index in [1.54, 1.807) is 0 Å². The van der Waals surface area contributed by atoms with Gasteiger partial charge >= 0.3 is 0 Å². The minimum Gasteiger partial charge on any atom is -0.290 e. The van der Waals surface area contributed by atoms with Crippen LogP contribution in [0.3, 0.4) is 0 Å². The molecule has 18 heavy (non-hydrogen) atoms. The van der Waals surface area contributed by atoms with Crippen LogP contribution in [-0.4, -0.2) is 16.1 Å². The van der Waals surface area contributed by atoms with Crippen molar-refractivity contribution < 1.29 is 9.59 Å². The molecule has 0 radical (unpaired) electrons. The van der Waals surface area contributed by atoms with Crippen LogP contribution in [0.15, 0.2) is 0 Å². The number of carbonyl (C=O) groups is 2. The second-order valence-corrected chi connectivity index (χ2v) is 6.93. The van der Waals surface area contributed by atoms with Gasteiger partial charge in [-0.2, -0.15) is 0 Å². The maximum atomic E-state index is 11.8. The third-order valence-electron chi connectivity index (χ3n) is 4.30. The zero-order chi connectivity index (χ0) is 12.8. The van der Waals surface area contributed by atoms with Gasteiger partial charge in [0.15, 0.2) is 0 Å². The van der Waals surface area contributed by atoms with E-state index < -0.39 is 0 Å². The summed E-state index contributed by atoms with van der Waals surface area (Å²) in [5.41, 5.74) is 0. The Balaban J connectivity index is 1.94. The molecule has 1 atom stereocenters. The van der Waals surface area contributed by atoms with Gasteiger partial charge in [0, 0.05) is 11.7 Å². The summed E-state index contributed by atoms with van der Waals surface area (Å²) in [6, 6.07) is 0. The molecule has 0 aromatic heterocycles. The van der Waals surface area contributed by atoms with E-state index in [9.17, 15) is 9.59 Å². The van der Waals surface area contributed by atoms with Crippen LogP contribution < -0.4 is 0 Å². The largest absolute Gasteiger partial charge is 0.290 e. The van der Waals surface area contributed by atoms with Gasteiger partial charge in [0.2, 0.25) is 5.78 Å². The Morgan fingerprint density at radius 3 is 2.11 bits per heavy atom. The predicted octanol–water partition coefficient (Wildman–Crippen LogP) is 4.12. The van der Waals surface area contributed by atoms with Gasteiger partial charge in [-0.1, -0.05) is 50.3 Å². The molecule has 0 N–H and O–H groups in total.